The van der Waals surface area contributed by atoms with Gasteiger partial charge in [0.1, 0.15) is 6.04 Å². The van der Waals surface area contributed by atoms with Crippen LogP contribution in [0.2, 0.25) is 0 Å². The highest BCUT2D eigenvalue weighted by molar-refractivity contribution is 6.00. The Hall–Kier alpha value is -2.36. The van der Waals surface area contributed by atoms with Gasteiger partial charge in [0.2, 0.25) is 0 Å². The molecule has 0 aliphatic heterocycles. The summed E-state index contributed by atoms with van der Waals surface area (Å²) in [5, 5.41) is 9.50. The molecule has 2 aromatic rings. The van der Waals surface area contributed by atoms with Crippen LogP contribution in [0.3, 0.4) is 0 Å². The number of carbonyl (C=O) groups excluding carboxylic acids is 1. The number of nitrogens with zero attached hydrogens (tertiary/aromatic N) is 2. The topological polar surface area (TPSA) is 55.1 Å². The first-order valence-corrected chi connectivity index (χ1v) is 5.17. The molecule has 86 valence electrons. The molecule has 1 unspecified atom stereocenters. The lowest BCUT2D eigenvalue weighted by Gasteiger charge is -2.13. The van der Waals surface area contributed by atoms with Crippen molar-refractivity contribution in [1.29, 1.82) is 0 Å². The van der Waals surface area contributed by atoms with Gasteiger partial charge in [-0.15, -0.1) is 6.58 Å². The molecule has 1 atom stereocenters. The zero-order chi connectivity index (χ0) is 12.3. The standard InChI is InChI=1S/C13H12N2O2/c1-2-11(15-9-8-14-13(15)17)12(16)10-6-4-3-5-7-10/h2-9,11H,1H2,(H,14,17). The molecular weight excluding hydrogens is 216 g/mol. The van der Waals surface area contributed by atoms with Gasteiger partial charge >= 0.3 is 0 Å². The summed E-state index contributed by atoms with van der Waals surface area (Å²) >= 11 is 0. The van der Waals surface area contributed by atoms with Crippen LogP contribution < -0.4 is 0 Å². The molecule has 4 heteroatoms. The Morgan fingerprint density at radius 1 is 1.41 bits per heavy atom. The van der Waals surface area contributed by atoms with E-state index in [1.165, 1.54) is 16.8 Å². The monoisotopic (exact) mass is 228 g/mol. The third-order valence-electron chi connectivity index (χ3n) is 2.50. The predicted octanol–water partition coefficient (Wildman–Crippen LogP) is 2.20. The van der Waals surface area contributed by atoms with Crippen molar-refractivity contribution in [3.63, 3.8) is 0 Å². The summed E-state index contributed by atoms with van der Waals surface area (Å²) in [6.07, 6.45) is 4.46. The Labute approximate surface area is 98.9 Å². The second-order valence-electron chi connectivity index (χ2n) is 3.55. The number of aromatic nitrogens is 2. The van der Waals surface area contributed by atoms with Crippen molar-refractivity contribution in [2.24, 2.45) is 0 Å². The average Bonchev–Trinajstić information content (AvgIpc) is 2.78. The Bertz CT molecular complexity index is 531. The first-order valence-electron chi connectivity index (χ1n) is 5.17. The van der Waals surface area contributed by atoms with Crippen molar-refractivity contribution in [3.05, 3.63) is 60.9 Å². The molecule has 0 aliphatic rings. The van der Waals surface area contributed by atoms with Gasteiger partial charge < -0.3 is 5.11 Å². The molecule has 0 saturated carbocycles. The Balaban J connectivity index is 2.35. The number of benzene rings is 1. The Morgan fingerprint density at radius 3 is 2.65 bits per heavy atom. The Kier molecular flexibility index (Phi) is 3.05. The van der Waals surface area contributed by atoms with E-state index in [4.69, 9.17) is 0 Å². The summed E-state index contributed by atoms with van der Waals surface area (Å²) in [6, 6.07) is 8.05. The lowest BCUT2D eigenvalue weighted by Crippen LogP contribution is -2.16. The van der Waals surface area contributed by atoms with E-state index in [-0.39, 0.29) is 11.8 Å². The molecule has 0 aliphatic carbocycles. The van der Waals surface area contributed by atoms with Crippen LogP contribution in [-0.2, 0) is 0 Å². The maximum Gasteiger partial charge on any atom is 0.294 e. The largest absolute Gasteiger partial charge is 0.480 e. The number of rotatable bonds is 4. The molecule has 0 fully saturated rings. The van der Waals surface area contributed by atoms with Gasteiger partial charge in [0, 0.05) is 18.0 Å². The average molecular weight is 228 g/mol. The first-order chi connectivity index (χ1) is 8.24. The quantitative estimate of drug-likeness (QED) is 0.644. The van der Waals surface area contributed by atoms with Gasteiger partial charge in [-0.3, -0.25) is 9.36 Å². The number of imidazole rings is 1. The highest BCUT2D eigenvalue weighted by Gasteiger charge is 2.20. The highest BCUT2D eigenvalue weighted by Crippen LogP contribution is 2.20. The lowest BCUT2D eigenvalue weighted by atomic mass is 10.0. The number of hydrogen-bond acceptors (Lipinski definition) is 3. The van der Waals surface area contributed by atoms with Gasteiger partial charge in [-0.25, -0.2) is 4.98 Å². The third-order valence-corrected chi connectivity index (χ3v) is 2.50. The van der Waals surface area contributed by atoms with Crippen molar-refractivity contribution in [2.45, 2.75) is 6.04 Å². The highest BCUT2D eigenvalue weighted by atomic mass is 16.3. The van der Waals surface area contributed by atoms with Crippen LogP contribution in [0, 0.1) is 0 Å². The van der Waals surface area contributed by atoms with Gasteiger partial charge in [0.15, 0.2) is 5.78 Å². The van der Waals surface area contributed by atoms with Crippen LogP contribution in [-0.4, -0.2) is 20.4 Å². The lowest BCUT2D eigenvalue weighted by molar-refractivity contribution is 0.0944. The van der Waals surface area contributed by atoms with Crippen molar-refractivity contribution in [3.8, 4) is 6.01 Å². The summed E-state index contributed by atoms with van der Waals surface area (Å²) in [5.41, 5.74) is 0.575. The zero-order valence-electron chi connectivity index (χ0n) is 9.15. The van der Waals surface area contributed by atoms with Crippen LogP contribution in [0.5, 0.6) is 6.01 Å². The van der Waals surface area contributed by atoms with Gasteiger partial charge in [0.05, 0.1) is 0 Å². The fourth-order valence-corrected chi connectivity index (χ4v) is 1.64. The molecule has 1 aromatic heterocycles. The number of allylic oxidation sites excluding steroid dienone is 1. The van der Waals surface area contributed by atoms with Crippen molar-refractivity contribution >= 4 is 5.78 Å². The summed E-state index contributed by atoms with van der Waals surface area (Å²) in [4.78, 5) is 15.9. The van der Waals surface area contributed by atoms with Gasteiger partial charge in [-0.05, 0) is 0 Å². The summed E-state index contributed by atoms with van der Waals surface area (Å²) in [5.74, 6) is -0.131. The molecule has 1 aromatic carbocycles. The molecule has 1 N–H and O–H groups in total. The van der Waals surface area contributed by atoms with E-state index in [1.807, 2.05) is 6.07 Å². The van der Waals surface area contributed by atoms with Crippen LogP contribution >= 0.6 is 0 Å². The minimum Gasteiger partial charge on any atom is -0.480 e. The fourth-order valence-electron chi connectivity index (χ4n) is 1.64. The molecule has 1 heterocycles. The van der Waals surface area contributed by atoms with E-state index < -0.39 is 6.04 Å². The third kappa shape index (κ3) is 2.10. The normalized spacial score (nSPS) is 12.0. The number of ketones is 1. The van der Waals surface area contributed by atoms with E-state index in [9.17, 15) is 9.90 Å². The van der Waals surface area contributed by atoms with Crippen LogP contribution in [0.1, 0.15) is 16.4 Å². The van der Waals surface area contributed by atoms with Gasteiger partial charge in [-0.1, -0.05) is 36.4 Å². The second-order valence-corrected chi connectivity index (χ2v) is 3.55. The fraction of sp³-hybridized carbons (Fsp3) is 0.0769. The van der Waals surface area contributed by atoms with Crippen molar-refractivity contribution in [2.75, 3.05) is 0 Å². The maximum atomic E-state index is 12.2. The molecule has 0 amide bonds. The first kappa shape index (κ1) is 11.1. The second kappa shape index (κ2) is 4.65. The summed E-state index contributed by atoms with van der Waals surface area (Å²) < 4.78 is 1.38. The molecule has 0 bridgehead atoms. The number of hydrogen-bond donors (Lipinski definition) is 1. The zero-order valence-corrected chi connectivity index (χ0v) is 9.15. The Morgan fingerprint density at radius 2 is 2.12 bits per heavy atom. The SMILES string of the molecule is C=CC(C(=O)c1ccccc1)n1ccnc1O. The van der Waals surface area contributed by atoms with E-state index in [2.05, 4.69) is 11.6 Å². The molecule has 0 spiro atoms. The van der Waals surface area contributed by atoms with Crippen LogP contribution in [0.25, 0.3) is 0 Å². The van der Waals surface area contributed by atoms with E-state index in [1.54, 1.807) is 30.5 Å². The molecular formula is C13H12N2O2. The van der Waals surface area contributed by atoms with Gasteiger partial charge in [0.25, 0.3) is 6.01 Å². The van der Waals surface area contributed by atoms with E-state index in [0.29, 0.717) is 5.56 Å². The van der Waals surface area contributed by atoms with Gasteiger partial charge in [-0.2, -0.15) is 0 Å². The molecule has 0 saturated heterocycles. The molecule has 4 nitrogen and oxygen atoms in total. The van der Waals surface area contributed by atoms with Crippen molar-refractivity contribution < 1.29 is 9.90 Å². The van der Waals surface area contributed by atoms with Crippen LogP contribution in [0.4, 0.5) is 0 Å². The molecule has 2 rings (SSSR count). The summed E-state index contributed by atoms with van der Waals surface area (Å²) in [7, 11) is 0. The smallest absolute Gasteiger partial charge is 0.294 e. The molecule has 0 radical (unpaired) electrons. The van der Waals surface area contributed by atoms with Crippen LogP contribution in [0.15, 0.2) is 55.4 Å². The maximum absolute atomic E-state index is 12.2. The van der Waals surface area contributed by atoms with Crippen molar-refractivity contribution in [1.82, 2.24) is 9.55 Å². The minimum atomic E-state index is -0.639. The minimum absolute atomic E-state index is 0.131. The van der Waals surface area contributed by atoms with E-state index >= 15 is 0 Å². The number of carbonyl (C=O) groups is 1. The summed E-state index contributed by atoms with van der Waals surface area (Å²) in [6.45, 7) is 3.62. The predicted molar refractivity (Wildman–Crippen MR) is 63.9 cm³/mol. The molecule has 17 heavy (non-hydrogen) atoms. The van der Waals surface area contributed by atoms with E-state index in [0.717, 1.165) is 0 Å². The number of aromatic hydroxyl groups is 1. The number of Topliss-reactive ketones (excluding diaryl/α,β-unsaturated/α-hetero) is 1.